The number of anilines is 1. The molecule has 1 aliphatic rings. The van der Waals surface area contributed by atoms with Crippen molar-refractivity contribution < 1.29 is 14.3 Å². The molecular weight excluding hydrogens is 384 g/mol. The summed E-state index contributed by atoms with van der Waals surface area (Å²) in [5.41, 5.74) is 8.66. The van der Waals surface area contributed by atoms with Crippen LogP contribution < -0.4 is 15.8 Å². The highest BCUT2D eigenvalue weighted by atomic mass is 32.2. The van der Waals surface area contributed by atoms with Crippen molar-refractivity contribution >= 4 is 50.9 Å². The van der Waals surface area contributed by atoms with E-state index < -0.39 is 5.91 Å². The van der Waals surface area contributed by atoms with Crippen molar-refractivity contribution in [2.75, 3.05) is 18.2 Å². The lowest BCUT2D eigenvalue weighted by Gasteiger charge is -2.05. The Bertz CT molecular complexity index is 1040. The number of thiophene rings is 1. The first kappa shape index (κ1) is 17.9. The molecule has 9 heteroatoms. The number of hydrogen-bond acceptors (Lipinski definition) is 6. The summed E-state index contributed by atoms with van der Waals surface area (Å²) < 4.78 is 5.20. The Hall–Kier alpha value is -2.52. The molecule has 2 amide bonds. The fourth-order valence-electron chi connectivity index (χ4n) is 3.21. The van der Waals surface area contributed by atoms with Gasteiger partial charge in [-0.25, -0.2) is 4.98 Å². The highest BCUT2D eigenvalue weighted by Crippen LogP contribution is 2.38. The summed E-state index contributed by atoms with van der Waals surface area (Å²) in [4.78, 5) is 32.9. The fraction of sp³-hybridized carbons (Fsp3) is 0.278. The first-order valence-corrected chi connectivity index (χ1v) is 10.3. The summed E-state index contributed by atoms with van der Waals surface area (Å²) in [5.74, 6) is 0.242. The van der Waals surface area contributed by atoms with E-state index in [2.05, 4.69) is 15.3 Å². The van der Waals surface area contributed by atoms with Gasteiger partial charge in [-0.15, -0.1) is 11.3 Å². The topological polar surface area (TPSA) is 110 Å². The van der Waals surface area contributed by atoms with Crippen molar-refractivity contribution in [2.45, 2.75) is 24.4 Å². The van der Waals surface area contributed by atoms with Crippen molar-refractivity contribution in [2.24, 2.45) is 5.73 Å². The minimum atomic E-state index is -0.483. The summed E-state index contributed by atoms with van der Waals surface area (Å²) >= 11 is 2.76. The molecule has 4 N–H and O–H groups in total. The number of aryl methyl sites for hydroxylation is 1. The monoisotopic (exact) mass is 402 g/mol. The van der Waals surface area contributed by atoms with Crippen LogP contribution in [0.1, 0.15) is 27.2 Å². The van der Waals surface area contributed by atoms with E-state index in [1.165, 1.54) is 23.1 Å². The van der Waals surface area contributed by atoms with Gasteiger partial charge in [-0.2, -0.15) is 0 Å². The van der Waals surface area contributed by atoms with Gasteiger partial charge in [0.15, 0.2) is 5.16 Å². The second-order valence-corrected chi connectivity index (χ2v) is 8.26. The van der Waals surface area contributed by atoms with Crippen LogP contribution in [0.2, 0.25) is 0 Å². The Labute approximate surface area is 163 Å². The van der Waals surface area contributed by atoms with E-state index in [-0.39, 0.29) is 11.7 Å². The summed E-state index contributed by atoms with van der Waals surface area (Å²) in [5, 5.41) is 4.05. The summed E-state index contributed by atoms with van der Waals surface area (Å²) in [6, 6.07) is 5.56. The van der Waals surface area contributed by atoms with Gasteiger partial charge in [-0.3, -0.25) is 9.59 Å². The number of methoxy groups -OCH3 is 1. The molecule has 27 heavy (non-hydrogen) atoms. The normalized spacial score (nSPS) is 12.9. The van der Waals surface area contributed by atoms with Crippen molar-refractivity contribution in [3.8, 4) is 5.75 Å². The highest BCUT2D eigenvalue weighted by Gasteiger charge is 2.26. The van der Waals surface area contributed by atoms with Gasteiger partial charge >= 0.3 is 0 Å². The summed E-state index contributed by atoms with van der Waals surface area (Å²) in [7, 11) is 1.61. The molecule has 0 bridgehead atoms. The third-order valence-corrected chi connectivity index (χ3v) is 6.51. The van der Waals surface area contributed by atoms with Crippen molar-refractivity contribution in [1.82, 2.24) is 9.97 Å². The molecule has 0 spiro atoms. The van der Waals surface area contributed by atoms with Crippen LogP contribution in [0.15, 0.2) is 23.4 Å². The number of rotatable bonds is 6. The van der Waals surface area contributed by atoms with Gasteiger partial charge in [0.05, 0.1) is 29.5 Å². The van der Waals surface area contributed by atoms with E-state index in [0.717, 1.165) is 46.5 Å². The van der Waals surface area contributed by atoms with Crippen LogP contribution in [-0.4, -0.2) is 34.6 Å². The van der Waals surface area contributed by atoms with Gasteiger partial charge < -0.3 is 20.8 Å². The first-order valence-electron chi connectivity index (χ1n) is 8.46. The molecule has 1 aromatic carbocycles. The number of thioether (sulfide) groups is 1. The number of benzene rings is 1. The van der Waals surface area contributed by atoms with Gasteiger partial charge in [0.25, 0.3) is 5.91 Å². The van der Waals surface area contributed by atoms with Crippen LogP contribution in [-0.2, 0) is 17.6 Å². The van der Waals surface area contributed by atoms with Gasteiger partial charge in [0.1, 0.15) is 10.8 Å². The van der Waals surface area contributed by atoms with Crippen LogP contribution in [0.4, 0.5) is 5.00 Å². The van der Waals surface area contributed by atoms with Crippen molar-refractivity contribution in [1.29, 1.82) is 0 Å². The van der Waals surface area contributed by atoms with E-state index in [1.54, 1.807) is 7.11 Å². The zero-order chi connectivity index (χ0) is 19.0. The number of H-pyrrole nitrogens is 1. The number of amides is 2. The van der Waals surface area contributed by atoms with Crippen LogP contribution >= 0.6 is 23.1 Å². The van der Waals surface area contributed by atoms with E-state index in [1.807, 2.05) is 18.2 Å². The standard InChI is InChI=1S/C18H18N4O3S2/c1-25-9-5-6-11-12(7-9)21-18(20-11)26-8-14(23)22-17-15(16(19)24)10-3-2-4-13(10)27-17/h5-7H,2-4,8H2,1H3,(H2,19,24)(H,20,21)(H,22,23). The van der Waals surface area contributed by atoms with Gasteiger partial charge in [-0.1, -0.05) is 11.8 Å². The average Bonchev–Trinajstić information content (AvgIpc) is 3.32. The molecule has 1 aliphatic carbocycles. The van der Waals surface area contributed by atoms with E-state index in [4.69, 9.17) is 10.5 Å². The number of nitrogens with two attached hydrogens (primary N) is 1. The molecule has 4 rings (SSSR count). The number of aromatic amines is 1. The number of carbonyl (C=O) groups is 2. The number of nitrogens with zero attached hydrogens (tertiary/aromatic N) is 1. The quantitative estimate of drug-likeness (QED) is 0.549. The number of imidazole rings is 1. The maximum absolute atomic E-state index is 12.4. The molecule has 0 aliphatic heterocycles. The lowest BCUT2D eigenvalue weighted by atomic mass is 10.1. The molecule has 0 saturated heterocycles. The smallest absolute Gasteiger partial charge is 0.251 e. The average molecular weight is 403 g/mol. The zero-order valence-corrected chi connectivity index (χ0v) is 16.3. The Morgan fingerprint density at radius 2 is 2.26 bits per heavy atom. The van der Waals surface area contributed by atoms with Crippen LogP contribution in [0, 0.1) is 0 Å². The second-order valence-electron chi connectivity index (χ2n) is 6.19. The maximum Gasteiger partial charge on any atom is 0.251 e. The minimum Gasteiger partial charge on any atom is -0.497 e. The number of carbonyl (C=O) groups excluding carboxylic acids is 2. The zero-order valence-electron chi connectivity index (χ0n) is 14.6. The van der Waals surface area contributed by atoms with Crippen LogP contribution in [0.5, 0.6) is 5.75 Å². The Morgan fingerprint density at radius 3 is 3.04 bits per heavy atom. The Morgan fingerprint density at radius 1 is 1.41 bits per heavy atom. The molecule has 0 atom stereocenters. The number of ether oxygens (including phenoxy) is 1. The Kier molecular flexibility index (Phi) is 4.79. The number of aromatic nitrogens is 2. The SMILES string of the molecule is COc1ccc2nc(SCC(=O)Nc3sc4c(c3C(N)=O)CCC4)[nH]c2c1. The fourth-order valence-corrected chi connectivity index (χ4v) is 5.21. The maximum atomic E-state index is 12.4. The predicted molar refractivity (Wildman–Crippen MR) is 107 cm³/mol. The minimum absolute atomic E-state index is 0.178. The molecule has 0 fully saturated rings. The molecule has 3 aromatic rings. The molecule has 7 nitrogen and oxygen atoms in total. The molecule has 0 unspecified atom stereocenters. The number of nitrogens with one attached hydrogen (secondary N) is 2. The number of hydrogen-bond donors (Lipinski definition) is 3. The van der Waals surface area contributed by atoms with E-state index >= 15 is 0 Å². The third kappa shape index (κ3) is 3.52. The Balaban J connectivity index is 1.44. The van der Waals surface area contributed by atoms with Gasteiger partial charge in [0.2, 0.25) is 5.91 Å². The summed E-state index contributed by atoms with van der Waals surface area (Å²) in [6.45, 7) is 0. The second kappa shape index (κ2) is 7.24. The lowest BCUT2D eigenvalue weighted by Crippen LogP contribution is -2.18. The molecular formula is C18H18N4O3S2. The largest absolute Gasteiger partial charge is 0.497 e. The van der Waals surface area contributed by atoms with Crippen molar-refractivity contribution in [3.63, 3.8) is 0 Å². The lowest BCUT2D eigenvalue weighted by molar-refractivity contribution is -0.113. The molecule has 0 saturated carbocycles. The molecule has 0 radical (unpaired) electrons. The summed E-state index contributed by atoms with van der Waals surface area (Å²) in [6.07, 6.45) is 2.81. The predicted octanol–water partition coefficient (Wildman–Crippen LogP) is 2.95. The number of fused-ring (bicyclic) bond motifs is 2. The van der Waals surface area contributed by atoms with E-state index in [9.17, 15) is 9.59 Å². The van der Waals surface area contributed by atoms with Crippen molar-refractivity contribution in [3.05, 3.63) is 34.2 Å². The van der Waals surface area contributed by atoms with E-state index in [0.29, 0.717) is 15.7 Å². The molecule has 2 heterocycles. The van der Waals surface area contributed by atoms with Gasteiger partial charge in [-0.05, 0) is 37.0 Å². The third-order valence-electron chi connectivity index (χ3n) is 4.43. The van der Waals surface area contributed by atoms with Crippen LogP contribution in [0.3, 0.4) is 0 Å². The molecule has 140 valence electrons. The number of primary amides is 1. The highest BCUT2D eigenvalue weighted by molar-refractivity contribution is 7.99. The van der Waals surface area contributed by atoms with Gasteiger partial charge in [0, 0.05) is 10.9 Å². The van der Waals surface area contributed by atoms with Crippen LogP contribution in [0.25, 0.3) is 11.0 Å². The molecule has 2 aromatic heterocycles. The first-order chi connectivity index (χ1) is 13.0.